The van der Waals surface area contributed by atoms with Crippen LogP contribution in [0.15, 0.2) is 0 Å². The van der Waals surface area contributed by atoms with Crippen molar-refractivity contribution in [2.24, 2.45) is 5.92 Å². The van der Waals surface area contributed by atoms with Gasteiger partial charge in [0.25, 0.3) is 0 Å². The summed E-state index contributed by atoms with van der Waals surface area (Å²) in [5.74, 6) is 0.824. The van der Waals surface area contributed by atoms with Crippen molar-refractivity contribution in [3.05, 3.63) is 0 Å². The van der Waals surface area contributed by atoms with Crippen LogP contribution in [0.3, 0.4) is 0 Å². The van der Waals surface area contributed by atoms with Gasteiger partial charge in [-0.1, -0.05) is 59.8 Å². The van der Waals surface area contributed by atoms with Crippen molar-refractivity contribution in [2.75, 3.05) is 6.54 Å². The lowest BCUT2D eigenvalue weighted by molar-refractivity contribution is -0.130. The van der Waals surface area contributed by atoms with Gasteiger partial charge in [-0.2, -0.15) is 0 Å². The van der Waals surface area contributed by atoms with Crippen molar-refractivity contribution in [1.82, 2.24) is 10.2 Å². The van der Waals surface area contributed by atoms with Gasteiger partial charge in [0.2, 0.25) is 5.91 Å². The first-order valence-corrected chi connectivity index (χ1v) is 8.18. The maximum atomic E-state index is 12.5. The Kier molecular flexibility index (Phi) is 7.44. The lowest BCUT2D eigenvalue weighted by Crippen LogP contribution is -2.41. The molecule has 1 saturated heterocycles. The van der Waals surface area contributed by atoms with E-state index in [4.69, 9.17) is 0 Å². The van der Waals surface area contributed by atoms with Gasteiger partial charge in [-0.3, -0.25) is 10.1 Å². The first-order chi connectivity index (χ1) is 9.11. The number of unbranched alkanes of at least 4 members (excludes halogenated alkanes) is 4. The Hall–Kier alpha value is -0.570. The quantitative estimate of drug-likeness (QED) is 0.649. The normalized spacial score (nSPS) is 23.6. The van der Waals surface area contributed by atoms with Crippen molar-refractivity contribution in [2.45, 2.75) is 84.8 Å². The fourth-order valence-corrected chi connectivity index (χ4v) is 2.83. The third kappa shape index (κ3) is 4.79. The molecule has 3 heteroatoms. The zero-order valence-corrected chi connectivity index (χ0v) is 13.2. The number of nitrogens with one attached hydrogen (secondary N) is 1. The van der Waals surface area contributed by atoms with E-state index in [1.165, 1.54) is 19.3 Å². The van der Waals surface area contributed by atoms with Gasteiger partial charge in [0.15, 0.2) is 0 Å². The van der Waals surface area contributed by atoms with Crippen molar-refractivity contribution in [3.63, 3.8) is 0 Å². The van der Waals surface area contributed by atoms with Crippen LogP contribution in [0.5, 0.6) is 0 Å². The summed E-state index contributed by atoms with van der Waals surface area (Å²) in [7, 11) is 0. The van der Waals surface area contributed by atoms with E-state index in [9.17, 15) is 4.79 Å². The second-order valence-electron chi connectivity index (χ2n) is 6.14. The molecule has 0 aromatic rings. The van der Waals surface area contributed by atoms with Crippen molar-refractivity contribution in [3.8, 4) is 0 Å². The Morgan fingerprint density at radius 2 is 1.79 bits per heavy atom. The molecular formula is C16H32N2O. The molecule has 0 aromatic heterocycles. The molecule has 112 valence electrons. The van der Waals surface area contributed by atoms with Gasteiger partial charge >= 0.3 is 0 Å². The Balaban J connectivity index is 2.51. The van der Waals surface area contributed by atoms with Gasteiger partial charge < -0.3 is 4.90 Å². The number of carbonyl (C=O) groups is 1. The fraction of sp³-hybridized carbons (Fsp3) is 0.938. The van der Waals surface area contributed by atoms with Gasteiger partial charge in [0.05, 0.1) is 12.2 Å². The molecule has 1 fully saturated rings. The van der Waals surface area contributed by atoms with Crippen LogP contribution < -0.4 is 5.32 Å². The van der Waals surface area contributed by atoms with Crippen LogP contribution in [0, 0.1) is 5.92 Å². The van der Waals surface area contributed by atoms with Crippen LogP contribution in [-0.4, -0.2) is 29.6 Å². The standard InChI is InChI=1S/C16H32N2O/c1-5-7-9-10-12-18-15(13(3)4)17-14(16(18)19)11-8-6-2/h13-15,17H,5-12H2,1-4H3. The van der Waals surface area contributed by atoms with Gasteiger partial charge in [-0.05, 0) is 18.8 Å². The van der Waals surface area contributed by atoms with Gasteiger partial charge in [0.1, 0.15) is 0 Å². The number of rotatable bonds is 9. The fourth-order valence-electron chi connectivity index (χ4n) is 2.83. The molecule has 2 atom stereocenters. The molecule has 0 spiro atoms. The van der Waals surface area contributed by atoms with Crippen LogP contribution in [0.25, 0.3) is 0 Å². The molecule has 1 aliphatic rings. The van der Waals surface area contributed by atoms with Crippen molar-refractivity contribution < 1.29 is 4.79 Å². The van der Waals surface area contributed by atoms with E-state index < -0.39 is 0 Å². The highest BCUT2D eigenvalue weighted by Crippen LogP contribution is 2.21. The molecule has 0 aromatic carbocycles. The number of hydrogen-bond donors (Lipinski definition) is 1. The summed E-state index contributed by atoms with van der Waals surface area (Å²) in [5.41, 5.74) is 0. The minimum atomic E-state index is 0.0681. The predicted octanol–water partition coefficient (Wildman–Crippen LogP) is 3.54. The minimum absolute atomic E-state index is 0.0681. The number of carbonyl (C=O) groups excluding carboxylic acids is 1. The van der Waals surface area contributed by atoms with E-state index in [0.717, 1.165) is 32.2 Å². The topological polar surface area (TPSA) is 32.3 Å². The first kappa shape index (κ1) is 16.5. The maximum absolute atomic E-state index is 12.5. The van der Waals surface area contributed by atoms with E-state index in [1.807, 2.05) is 0 Å². The summed E-state index contributed by atoms with van der Waals surface area (Å²) >= 11 is 0. The van der Waals surface area contributed by atoms with Crippen LogP contribution in [0.4, 0.5) is 0 Å². The lowest BCUT2D eigenvalue weighted by atomic mass is 10.1. The van der Waals surface area contributed by atoms with E-state index >= 15 is 0 Å². The highest BCUT2D eigenvalue weighted by Gasteiger charge is 2.38. The molecule has 0 aliphatic carbocycles. The van der Waals surface area contributed by atoms with Crippen LogP contribution in [0.1, 0.15) is 72.6 Å². The summed E-state index contributed by atoms with van der Waals surface area (Å²) in [6, 6.07) is 0.0681. The molecule has 0 bridgehead atoms. The first-order valence-electron chi connectivity index (χ1n) is 8.18. The van der Waals surface area contributed by atoms with E-state index in [1.54, 1.807) is 0 Å². The lowest BCUT2D eigenvalue weighted by Gasteiger charge is -2.27. The van der Waals surface area contributed by atoms with Crippen LogP contribution in [0.2, 0.25) is 0 Å². The molecule has 3 nitrogen and oxygen atoms in total. The molecule has 1 heterocycles. The number of hydrogen-bond acceptors (Lipinski definition) is 2. The molecule has 1 amide bonds. The van der Waals surface area contributed by atoms with Gasteiger partial charge in [-0.25, -0.2) is 0 Å². The summed E-state index contributed by atoms with van der Waals surface area (Å²) < 4.78 is 0. The molecule has 2 unspecified atom stereocenters. The molecule has 0 radical (unpaired) electrons. The summed E-state index contributed by atoms with van der Waals surface area (Å²) in [6.07, 6.45) is 8.45. The van der Waals surface area contributed by atoms with Crippen LogP contribution >= 0.6 is 0 Å². The molecular weight excluding hydrogens is 236 g/mol. The SMILES string of the molecule is CCCCCCN1C(=O)C(CCCC)NC1C(C)C. The van der Waals surface area contributed by atoms with Crippen molar-refractivity contribution in [1.29, 1.82) is 0 Å². The molecule has 19 heavy (non-hydrogen) atoms. The zero-order chi connectivity index (χ0) is 14.3. The highest BCUT2D eigenvalue weighted by atomic mass is 16.2. The Labute approximate surface area is 119 Å². The average molecular weight is 268 g/mol. The number of nitrogens with zero attached hydrogens (tertiary/aromatic N) is 1. The van der Waals surface area contributed by atoms with E-state index in [-0.39, 0.29) is 12.2 Å². The maximum Gasteiger partial charge on any atom is 0.241 e. The van der Waals surface area contributed by atoms with Crippen molar-refractivity contribution >= 4 is 5.91 Å². The third-order valence-corrected chi connectivity index (χ3v) is 4.02. The van der Waals surface area contributed by atoms with E-state index in [2.05, 4.69) is 37.9 Å². The molecule has 1 rings (SSSR count). The largest absolute Gasteiger partial charge is 0.326 e. The second kappa shape index (κ2) is 8.57. The number of amides is 1. The smallest absolute Gasteiger partial charge is 0.241 e. The molecule has 1 aliphatic heterocycles. The predicted molar refractivity (Wildman–Crippen MR) is 80.9 cm³/mol. The third-order valence-electron chi connectivity index (χ3n) is 4.02. The summed E-state index contributed by atoms with van der Waals surface area (Å²) in [6.45, 7) is 9.73. The Morgan fingerprint density at radius 1 is 1.11 bits per heavy atom. The molecule has 0 saturated carbocycles. The van der Waals surface area contributed by atoms with E-state index in [0.29, 0.717) is 11.8 Å². The average Bonchev–Trinajstić information content (AvgIpc) is 2.70. The van der Waals surface area contributed by atoms with Gasteiger partial charge in [0, 0.05) is 6.54 Å². The zero-order valence-electron chi connectivity index (χ0n) is 13.2. The van der Waals surface area contributed by atoms with Gasteiger partial charge in [-0.15, -0.1) is 0 Å². The Morgan fingerprint density at radius 3 is 2.37 bits per heavy atom. The summed E-state index contributed by atoms with van der Waals surface area (Å²) in [4.78, 5) is 14.6. The van der Waals surface area contributed by atoms with Crippen LogP contribution in [-0.2, 0) is 4.79 Å². The summed E-state index contributed by atoms with van der Waals surface area (Å²) in [5, 5.41) is 3.54. The Bertz CT molecular complexity index is 265. The monoisotopic (exact) mass is 268 g/mol. The minimum Gasteiger partial charge on any atom is -0.326 e. The molecule has 1 N–H and O–H groups in total. The second-order valence-corrected chi connectivity index (χ2v) is 6.14. The highest BCUT2D eigenvalue weighted by molar-refractivity contribution is 5.84.